The number of nitrogens with zero attached hydrogens (tertiary/aromatic N) is 2. The summed E-state index contributed by atoms with van der Waals surface area (Å²) in [5.41, 5.74) is 2.06. The maximum absolute atomic E-state index is 10.7. The summed E-state index contributed by atoms with van der Waals surface area (Å²) < 4.78 is 0. The van der Waals surface area contributed by atoms with Gasteiger partial charge < -0.3 is 5.11 Å². The summed E-state index contributed by atoms with van der Waals surface area (Å²) >= 11 is 5.80. The van der Waals surface area contributed by atoms with E-state index in [1.165, 1.54) is 6.07 Å². The van der Waals surface area contributed by atoms with E-state index in [9.17, 15) is 4.79 Å². The summed E-state index contributed by atoms with van der Waals surface area (Å²) in [5.74, 6) is -1.05. The quantitative estimate of drug-likeness (QED) is 0.785. The number of carbonyl (C=O) groups is 1. The fourth-order valence-electron chi connectivity index (χ4n) is 1.36. The van der Waals surface area contributed by atoms with Crippen molar-refractivity contribution in [2.45, 2.75) is 6.92 Å². The van der Waals surface area contributed by atoms with Crippen LogP contribution in [-0.4, -0.2) is 26.3 Å². The number of carboxylic acids is 1. The molecule has 0 unspecified atom stereocenters. The Labute approximate surface area is 96.1 Å². The van der Waals surface area contributed by atoms with Crippen LogP contribution >= 0.6 is 11.6 Å². The molecule has 0 saturated heterocycles. The highest BCUT2D eigenvalue weighted by atomic mass is 35.5. The highest BCUT2D eigenvalue weighted by Crippen LogP contribution is 2.21. The van der Waals surface area contributed by atoms with Gasteiger partial charge in [0.2, 0.25) is 0 Å². The smallest absolute Gasteiger partial charge is 0.353 e. The fourth-order valence-corrected chi connectivity index (χ4v) is 1.61. The van der Waals surface area contributed by atoms with E-state index < -0.39 is 5.97 Å². The van der Waals surface area contributed by atoms with Gasteiger partial charge in [0.25, 0.3) is 0 Å². The molecule has 82 valence electrons. The molecule has 0 aliphatic heterocycles. The molecule has 0 bridgehead atoms. The predicted octanol–water partition coefficient (Wildman–Crippen LogP) is 2.13. The number of aryl methyl sites for hydroxylation is 1. The number of aromatic amines is 1. The van der Waals surface area contributed by atoms with Gasteiger partial charge in [0.1, 0.15) is 10.8 Å². The number of carboxylic acid groups (broad SMARTS) is 1. The highest BCUT2D eigenvalue weighted by molar-refractivity contribution is 6.29. The molecule has 5 nitrogen and oxygen atoms in total. The first-order valence-corrected chi connectivity index (χ1v) is 4.87. The molecular weight excluding hydrogens is 230 g/mol. The van der Waals surface area contributed by atoms with E-state index in [-0.39, 0.29) is 5.69 Å². The van der Waals surface area contributed by atoms with Crippen LogP contribution in [0.15, 0.2) is 18.2 Å². The average Bonchev–Trinajstić information content (AvgIpc) is 2.64. The molecule has 2 aromatic rings. The van der Waals surface area contributed by atoms with E-state index in [4.69, 9.17) is 16.7 Å². The minimum atomic E-state index is -1.05. The number of aromatic carboxylic acids is 1. The fraction of sp³-hybridized carbons (Fsp3) is 0.100. The highest BCUT2D eigenvalue weighted by Gasteiger charge is 2.10. The van der Waals surface area contributed by atoms with Crippen molar-refractivity contribution in [2.24, 2.45) is 0 Å². The van der Waals surface area contributed by atoms with E-state index in [2.05, 4.69) is 15.2 Å². The second-order valence-electron chi connectivity index (χ2n) is 3.29. The van der Waals surface area contributed by atoms with E-state index in [0.29, 0.717) is 10.8 Å². The van der Waals surface area contributed by atoms with Crippen LogP contribution < -0.4 is 0 Å². The first-order chi connectivity index (χ1) is 7.56. The van der Waals surface area contributed by atoms with Gasteiger partial charge >= 0.3 is 5.97 Å². The van der Waals surface area contributed by atoms with Crippen LogP contribution in [0.3, 0.4) is 0 Å². The van der Waals surface area contributed by atoms with Crippen LogP contribution in [0.5, 0.6) is 0 Å². The van der Waals surface area contributed by atoms with Gasteiger partial charge in [0.15, 0.2) is 0 Å². The van der Waals surface area contributed by atoms with Gasteiger partial charge in [-0.05, 0) is 25.1 Å². The molecule has 0 aliphatic rings. The van der Waals surface area contributed by atoms with Gasteiger partial charge in [0, 0.05) is 11.3 Å². The number of halogens is 1. The molecular formula is C10H8ClN3O2. The lowest BCUT2D eigenvalue weighted by atomic mass is 10.1. The maximum Gasteiger partial charge on any atom is 0.353 e. The lowest BCUT2D eigenvalue weighted by Crippen LogP contribution is -1.95. The van der Waals surface area contributed by atoms with Gasteiger partial charge in [-0.3, -0.25) is 5.10 Å². The molecule has 6 heteroatoms. The number of nitrogens with one attached hydrogen (secondary N) is 1. The van der Waals surface area contributed by atoms with Crippen molar-refractivity contribution >= 4 is 17.6 Å². The number of hydrogen-bond acceptors (Lipinski definition) is 3. The van der Waals surface area contributed by atoms with Crippen LogP contribution in [-0.2, 0) is 0 Å². The zero-order valence-electron chi connectivity index (χ0n) is 8.36. The Morgan fingerprint density at radius 2 is 2.19 bits per heavy atom. The van der Waals surface area contributed by atoms with Crippen molar-refractivity contribution in [3.8, 4) is 11.3 Å². The van der Waals surface area contributed by atoms with Crippen molar-refractivity contribution in [1.29, 1.82) is 0 Å². The summed E-state index contributed by atoms with van der Waals surface area (Å²) in [4.78, 5) is 14.7. The Kier molecular flexibility index (Phi) is 2.62. The monoisotopic (exact) mass is 237 g/mol. The van der Waals surface area contributed by atoms with Crippen LogP contribution in [0.1, 0.15) is 16.2 Å². The predicted molar refractivity (Wildman–Crippen MR) is 58.5 cm³/mol. The third-order valence-corrected chi connectivity index (χ3v) is 2.22. The molecule has 0 aromatic carbocycles. The topological polar surface area (TPSA) is 78.9 Å². The Bertz CT molecular complexity index is 530. The number of hydrogen-bond donors (Lipinski definition) is 2. The van der Waals surface area contributed by atoms with Gasteiger partial charge in [-0.2, -0.15) is 5.10 Å². The molecule has 2 rings (SSSR count). The normalized spacial score (nSPS) is 10.4. The lowest BCUT2D eigenvalue weighted by Gasteiger charge is -1.98. The molecule has 2 aromatic heterocycles. The summed E-state index contributed by atoms with van der Waals surface area (Å²) in [7, 11) is 0. The zero-order chi connectivity index (χ0) is 11.7. The Hall–Kier alpha value is -1.88. The van der Waals surface area contributed by atoms with Crippen LogP contribution in [0, 0.1) is 6.92 Å². The number of H-pyrrole nitrogens is 1. The van der Waals surface area contributed by atoms with E-state index in [1.54, 1.807) is 19.1 Å². The first kappa shape index (κ1) is 10.6. The average molecular weight is 238 g/mol. The molecule has 2 heterocycles. The molecule has 2 N–H and O–H groups in total. The maximum atomic E-state index is 10.7. The van der Waals surface area contributed by atoms with Gasteiger partial charge in [-0.25, -0.2) is 9.78 Å². The number of aromatic nitrogens is 3. The summed E-state index contributed by atoms with van der Waals surface area (Å²) in [6.07, 6.45) is 0. The van der Waals surface area contributed by atoms with Crippen molar-refractivity contribution in [3.63, 3.8) is 0 Å². The van der Waals surface area contributed by atoms with Crippen LogP contribution in [0.2, 0.25) is 5.15 Å². The molecule has 0 saturated carbocycles. The lowest BCUT2D eigenvalue weighted by molar-refractivity contribution is 0.0690. The third kappa shape index (κ3) is 2.04. The van der Waals surface area contributed by atoms with Gasteiger partial charge in [-0.15, -0.1) is 0 Å². The Morgan fingerprint density at radius 3 is 2.75 bits per heavy atom. The summed E-state index contributed by atoms with van der Waals surface area (Å²) in [6, 6.07) is 4.87. The third-order valence-electron chi connectivity index (χ3n) is 2.03. The van der Waals surface area contributed by atoms with Crippen molar-refractivity contribution in [2.75, 3.05) is 0 Å². The standard InChI is InChI=1S/C10H8ClN3O2/c1-5-2-6(3-9(11)12-5)7-4-8(10(15)16)14-13-7/h2-4H,1H3,(H,13,14)(H,15,16). The minimum absolute atomic E-state index is 0.0422. The minimum Gasteiger partial charge on any atom is -0.477 e. The van der Waals surface area contributed by atoms with Gasteiger partial charge in [0.05, 0.1) is 5.69 Å². The van der Waals surface area contributed by atoms with Crippen molar-refractivity contribution < 1.29 is 9.90 Å². The molecule has 0 radical (unpaired) electrons. The molecule has 0 atom stereocenters. The molecule has 0 amide bonds. The van der Waals surface area contributed by atoms with Crippen LogP contribution in [0.25, 0.3) is 11.3 Å². The summed E-state index contributed by atoms with van der Waals surface area (Å²) in [6.45, 7) is 1.81. The van der Waals surface area contributed by atoms with E-state index in [1.807, 2.05) is 0 Å². The van der Waals surface area contributed by atoms with E-state index in [0.717, 1.165) is 11.3 Å². The molecule has 0 spiro atoms. The first-order valence-electron chi connectivity index (χ1n) is 4.49. The van der Waals surface area contributed by atoms with E-state index >= 15 is 0 Å². The van der Waals surface area contributed by atoms with Gasteiger partial charge in [-0.1, -0.05) is 11.6 Å². The Balaban J connectivity index is 2.46. The molecule has 16 heavy (non-hydrogen) atoms. The SMILES string of the molecule is Cc1cc(-c2cc(C(=O)O)[nH]n2)cc(Cl)n1. The van der Waals surface area contributed by atoms with Crippen molar-refractivity contribution in [1.82, 2.24) is 15.2 Å². The second kappa shape index (κ2) is 3.94. The molecule has 0 aliphatic carbocycles. The van der Waals surface area contributed by atoms with Crippen molar-refractivity contribution in [3.05, 3.63) is 34.7 Å². The second-order valence-corrected chi connectivity index (χ2v) is 3.68. The Morgan fingerprint density at radius 1 is 1.44 bits per heavy atom. The van der Waals surface area contributed by atoms with Crippen LogP contribution in [0.4, 0.5) is 0 Å². The zero-order valence-corrected chi connectivity index (χ0v) is 9.12. The molecule has 0 fully saturated rings. The number of pyridine rings is 1. The summed E-state index contributed by atoms with van der Waals surface area (Å²) in [5, 5.41) is 15.4. The largest absolute Gasteiger partial charge is 0.477 e. The number of rotatable bonds is 2.